The van der Waals surface area contributed by atoms with Crippen molar-refractivity contribution in [1.29, 1.82) is 0 Å². The molecule has 1 atom stereocenters. The van der Waals surface area contributed by atoms with E-state index in [4.69, 9.17) is 16.6 Å². The quantitative estimate of drug-likeness (QED) is 0.364. The Labute approximate surface area is 207 Å². The first-order valence-electron chi connectivity index (χ1n) is 11.6. The lowest BCUT2D eigenvalue weighted by Crippen LogP contribution is -2.54. The number of carbonyl (C=O) groups is 1. The third-order valence-electron chi connectivity index (χ3n) is 6.52. The number of anilines is 1. The molecule has 1 saturated heterocycles. The molecule has 0 spiro atoms. The van der Waals surface area contributed by atoms with E-state index in [2.05, 4.69) is 22.0 Å². The second kappa shape index (κ2) is 8.67. The summed E-state index contributed by atoms with van der Waals surface area (Å²) in [5, 5.41) is 10.7. The SMILES string of the molecule is CC1CN(c2nc3ccccc3c3nnc(-c4ccc(Cl)cc4)n23)CCN1C(=O)c1ccccc1. The standard InChI is InChI=1S/C27H23ClN6O/c1-18-17-32(15-16-33(18)26(35)20-7-3-2-4-8-20)27-29-23-10-6-5-9-22(23)25-31-30-24(34(25)27)19-11-13-21(28)14-12-19/h2-14,18H,15-17H2,1H3. The van der Waals surface area contributed by atoms with Gasteiger partial charge in [-0.3, -0.25) is 4.79 Å². The largest absolute Gasteiger partial charge is 0.338 e. The highest BCUT2D eigenvalue weighted by atomic mass is 35.5. The monoisotopic (exact) mass is 482 g/mol. The lowest BCUT2D eigenvalue weighted by Gasteiger charge is -2.40. The van der Waals surface area contributed by atoms with Gasteiger partial charge < -0.3 is 9.80 Å². The Bertz CT molecular complexity index is 1530. The van der Waals surface area contributed by atoms with Gasteiger partial charge >= 0.3 is 0 Å². The zero-order valence-corrected chi connectivity index (χ0v) is 19.9. The number of amides is 1. The molecule has 0 saturated carbocycles. The number of nitrogens with zero attached hydrogens (tertiary/aromatic N) is 6. The molecule has 1 fully saturated rings. The zero-order chi connectivity index (χ0) is 23.9. The summed E-state index contributed by atoms with van der Waals surface area (Å²) < 4.78 is 2.02. The van der Waals surface area contributed by atoms with Gasteiger partial charge in [0, 0.05) is 47.2 Å². The van der Waals surface area contributed by atoms with Crippen LogP contribution >= 0.6 is 11.6 Å². The molecule has 0 aliphatic carbocycles. The van der Waals surface area contributed by atoms with E-state index in [9.17, 15) is 4.79 Å². The van der Waals surface area contributed by atoms with Crippen molar-refractivity contribution in [3.63, 3.8) is 0 Å². The summed E-state index contributed by atoms with van der Waals surface area (Å²) in [7, 11) is 0. The Morgan fingerprint density at radius 3 is 2.43 bits per heavy atom. The van der Waals surface area contributed by atoms with Gasteiger partial charge in [0.2, 0.25) is 5.95 Å². The molecule has 7 nitrogen and oxygen atoms in total. The average molecular weight is 483 g/mol. The number of rotatable bonds is 3. The van der Waals surface area contributed by atoms with E-state index in [0.717, 1.165) is 28.1 Å². The summed E-state index contributed by atoms with van der Waals surface area (Å²) in [5.74, 6) is 1.54. The maximum atomic E-state index is 13.1. The molecule has 1 aliphatic rings. The predicted octanol–water partition coefficient (Wildman–Crippen LogP) is 4.95. The van der Waals surface area contributed by atoms with Crippen molar-refractivity contribution in [2.75, 3.05) is 24.5 Å². The number of para-hydroxylation sites is 1. The van der Waals surface area contributed by atoms with Crippen LogP contribution in [0.25, 0.3) is 27.9 Å². The van der Waals surface area contributed by atoms with Crippen LogP contribution in [-0.4, -0.2) is 56.1 Å². The van der Waals surface area contributed by atoms with Crippen LogP contribution in [0.2, 0.25) is 5.02 Å². The van der Waals surface area contributed by atoms with E-state index < -0.39 is 0 Å². The summed E-state index contributed by atoms with van der Waals surface area (Å²) in [5.41, 5.74) is 3.24. The van der Waals surface area contributed by atoms with Gasteiger partial charge in [0.05, 0.1) is 5.52 Å². The average Bonchev–Trinajstić information content (AvgIpc) is 3.34. The fourth-order valence-corrected chi connectivity index (χ4v) is 4.88. The van der Waals surface area contributed by atoms with Crippen molar-refractivity contribution in [3.05, 3.63) is 89.4 Å². The number of carbonyl (C=O) groups excluding carboxylic acids is 1. The van der Waals surface area contributed by atoms with Gasteiger partial charge in [-0.1, -0.05) is 41.9 Å². The van der Waals surface area contributed by atoms with Crippen LogP contribution in [0.4, 0.5) is 5.95 Å². The Morgan fingerprint density at radius 2 is 1.66 bits per heavy atom. The van der Waals surface area contributed by atoms with Crippen molar-refractivity contribution < 1.29 is 4.79 Å². The minimum Gasteiger partial charge on any atom is -0.338 e. The first-order chi connectivity index (χ1) is 17.1. The van der Waals surface area contributed by atoms with Crippen LogP contribution < -0.4 is 4.90 Å². The number of hydrogen-bond acceptors (Lipinski definition) is 5. The van der Waals surface area contributed by atoms with Gasteiger partial charge in [-0.15, -0.1) is 10.2 Å². The molecule has 35 heavy (non-hydrogen) atoms. The van der Waals surface area contributed by atoms with E-state index in [1.807, 2.05) is 88.2 Å². The molecule has 5 aromatic rings. The predicted molar refractivity (Wildman–Crippen MR) is 138 cm³/mol. The summed E-state index contributed by atoms with van der Waals surface area (Å²) in [6, 6.07) is 25.0. The minimum absolute atomic E-state index is 0.00948. The van der Waals surface area contributed by atoms with Gasteiger partial charge in [-0.2, -0.15) is 0 Å². The number of benzene rings is 3. The molecule has 0 N–H and O–H groups in total. The molecule has 174 valence electrons. The molecule has 3 aromatic carbocycles. The Hall–Kier alpha value is -3.97. The third kappa shape index (κ3) is 3.78. The molecule has 0 radical (unpaired) electrons. The van der Waals surface area contributed by atoms with Crippen molar-refractivity contribution in [1.82, 2.24) is 24.5 Å². The molecule has 1 aliphatic heterocycles. The topological polar surface area (TPSA) is 66.6 Å². The van der Waals surface area contributed by atoms with Gasteiger partial charge in [-0.25, -0.2) is 9.38 Å². The number of piperazine rings is 1. The molecule has 0 bridgehead atoms. The van der Waals surface area contributed by atoms with Gasteiger partial charge in [0.1, 0.15) is 0 Å². The Balaban J connectivity index is 1.42. The second-order valence-corrected chi connectivity index (χ2v) is 9.21. The normalized spacial score (nSPS) is 16.2. The second-order valence-electron chi connectivity index (χ2n) is 8.78. The summed E-state index contributed by atoms with van der Waals surface area (Å²) >= 11 is 6.13. The van der Waals surface area contributed by atoms with E-state index in [1.54, 1.807) is 0 Å². The smallest absolute Gasteiger partial charge is 0.254 e. The third-order valence-corrected chi connectivity index (χ3v) is 6.77. The van der Waals surface area contributed by atoms with Gasteiger partial charge in [0.25, 0.3) is 5.91 Å². The van der Waals surface area contributed by atoms with Crippen LogP contribution in [0.1, 0.15) is 17.3 Å². The minimum atomic E-state index is 0.00948. The first-order valence-corrected chi connectivity index (χ1v) is 12.0. The van der Waals surface area contributed by atoms with Crippen LogP contribution in [0.5, 0.6) is 0 Å². The molecular weight excluding hydrogens is 460 g/mol. The van der Waals surface area contributed by atoms with Crippen LogP contribution in [0, 0.1) is 0 Å². The molecule has 6 rings (SSSR count). The number of halogens is 1. The lowest BCUT2D eigenvalue weighted by atomic mass is 10.1. The summed E-state index contributed by atoms with van der Waals surface area (Å²) in [4.78, 5) is 22.3. The molecule has 8 heteroatoms. The Kier molecular flexibility index (Phi) is 5.34. The zero-order valence-electron chi connectivity index (χ0n) is 19.2. The highest BCUT2D eigenvalue weighted by Crippen LogP contribution is 2.30. The Morgan fingerprint density at radius 1 is 0.914 bits per heavy atom. The van der Waals surface area contributed by atoms with Crippen molar-refractivity contribution in [3.8, 4) is 11.4 Å². The molecule has 1 amide bonds. The van der Waals surface area contributed by atoms with Crippen molar-refractivity contribution in [2.24, 2.45) is 0 Å². The van der Waals surface area contributed by atoms with E-state index in [0.29, 0.717) is 36.0 Å². The van der Waals surface area contributed by atoms with Crippen molar-refractivity contribution >= 4 is 40.0 Å². The maximum absolute atomic E-state index is 13.1. The van der Waals surface area contributed by atoms with E-state index in [-0.39, 0.29) is 11.9 Å². The lowest BCUT2D eigenvalue weighted by molar-refractivity contribution is 0.0673. The van der Waals surface area contributed by atoms with Gasteiger partial charge in [-0.05, 0) is 55.5 Å². The van der Waals surface area contributed by atoms with Crippen LogP contribution in [0.15, 0.2) is 78.9 Å². The van der Waals surface area contributed by atoms with Crippen LogP contribution in [0.3, 0.4) is 0 Å². The first kappa shape index (κ1) is 21.6. The maximum Gasteiger partial charge on any atom is 0.254 e. The number of hydrogen-bond donors (Lipinski definition) is 0. The fraction of sp³-hybridized carbons (Fsp3) is 0.185. The number of fused-ring (bicyclic) bond motifs is 3. The number of aromatic nitrogens is 4. The molecule has 1 unspecified atom stereocenters. The van der Waals surface area contributed by atoms with E-state index >= 15 is 0 Å². The van der Waals surface area contributed by atoms with Crippen molar-refractivity contribution in [2.45, 2.75) is 13.0 Å². The summed E-state index contributed by atoms with van der Waals surface area (Å²) in [6.45, 7) is 3.99. The fourth-order valence-electron chi connectivity index (χ4n) is 4.75. The highest BCUT2D eigenvalue weighted by molar-refractivity contribution is 6.30. The van der Waals surface area contributed by atoms with E-state index in [1.165, 1.54) is 0 Å². The highest BCUT2D eigenvalue weighted by Gasteiger charge is 2.31. The molecular formula is C27H23ClN6O. The van der Waals surface area contributed by atoms with Gasteiger partial charge in [0.15, 0.2) is 11.5 Å². The molecule has 3 heterocycles. The molecule has 2 aromatic heterocycles. The summed E-state index contributed by atoms with van der Waals surface area (Å²) in [6.07, 6.45) is 0. The van der Waals surface area contributed by atoms with Crippen LogP contribution in [-0.2, 0) is 0 Å².